The number of nitriles is 1. The van der Waals surface area contributed by atoms with Crippen LogP contribution < -0.4 is 5.32 Å². The third-order valence-electron chi connectivity index (χ3n) is 2.74. The smallest absolute Gasteiger partial charge is 0.353 e. The molecule has 0 spiro atoms. The predicted molar refractivity (Wildman–Crippen MR) is 73.1 cm³/mol. The maximum absolute atomic E-state index is 11.9. The van der Waals surface area contributed by atoms with Crippen LogP contribution in [0.3, 0.4) is 0 Å². The van der Waals surface area contributed by atoms with E-state index in [1.165, 1.54) is 28.1 Å². The van der Waals surface area contributed by atoms with E-state index in [9.17, 15) is 19.5 Å². The largest absolute Gasteiger partial charge is 0.477 e. The van der Waals surface area contributed by atoms with Crippen molar-refractivity contribution in [2.75, 3.05) is 5.75 Å². The fourth-order valence-electron chi connectivity index (χ4n) is 1.92. The van der Waals surface area contributed by atoms with Gasteiger partial charge in [-0.1, -0.05) is 11.8 Å². The Morgan fingerprint density at radius 1 is 1.65 bits per heavy atom. The lowest BCUT2D eigenvalue weighted by atomic mass is 10.1. The number of hydrogen-bond acceptors (Lipinski definition) is 6. The van der Waals surface area contributed by atoms with Gasteiger partial charge >= 0.3 is 5.97 Å². The van der Waals surface area contributed by atoms with Crippen molar-refractivity contribution in [3.8, 4) is 6.07 Å². The minimum absolute atomic E-state index is 0.0738. The number of allylic oxidation sites excluding steroid dienone is 1. The lowest BCUT2D eigenvalue weighted by Gasteiger charge is -2.48. The Kier molecular flexibility index (Phi) is 4.36. The summed E-state index contributed by atoms with van der Waals surface area (Å²) in [4.78, 5) is 35.3. The zero-order valence-electron chi connectivity index (χ0n) is 9.98. The Balaban J connectivity index is 2.26. The lowest BCUT2D eigenvalue weighted by molar-refractivity contribution is -0.149. The standard InChI is InChI=1S/C11H9N3O4S2/c12-2-1-3-19-6-4-20-10-7(13-5-15)9(16)14(10)8(6)11(17)18/h1,3,5,7,10H,4H2,(H,13,15)(H,17,18)/b3-1-/t7?,10-/m0/s1. The maximum atomic E-state index is 11.9. The van der Waals surface area contributed by atoms with Crippen molar-refractivity contribution < 1.29 is 19.5 Å². The van der Waals surface area contributed by atoms with Crippen LogP contribution in [0.1, 0.15) is 0 Å². The third kappa shape index (κ3) is 2.39. The first-order valence-corrected chi connectivity index (χ1v) is 7.36. The molecule has 0 aromatic rings. The van der Waals surface area contributed by atoms with Crippen LogP contribution in [0, 0.1) is 11.3 Å². The quantitative estimate of drug-likeness (QED) is 0.420. The van der Waals surface area contributed by atoms with Crippen molar-refractivity contribution >= 4 is 41.8 Å². The lowest BCUT2D eigenvalue weighted by Crippen LogP contribution is -2.69. The second kappa shape index (κ2) is 6.02. The van der Waals surface area contributed by atoms with Crippen LogP contribution in [-0.4, -0.2) is 45.5 Å². The van der Waals surface area contributed by atoms with Gasteiger partial charge in [0.15, 0.2) is 0 Å². The number of aliphatic carboxylic acids is 1. The van der Waals surface area contributed by atoms with E-state index < -0.39 is 17.9 Å². The van der Waals surface area contributed by atoms with Gasteiger partial charge in [-0.15, -0.1) is 11.8 Å². The van der Waals surface area contributed by atoms with Crippen molar-refractivity contribution in [1.29, 1.82) is 5.26 Å². The molecule has 1 unspecified atom stereocenters. The normalized spacial score (nSPS) is 24.9. The maximum Gasteiger partial charge on any atom is 0.353 e. The summed E-state index contributed by atoms with van der Waals surface area (Å²) in [5, 5.41) is 21.2. The Morgan fingerprint density at radius 2 is 2.40 bits per heavy atom. The van der Waals surface area contributed by atoms with Gasteiger partial charge < -0.3 is 10.4 Å². The number of carboxylic acid groups (broad SMARTS) is 1. The molecular weight excluding hydrogens is 302 g/mol. The molecule has 0 aliphatic carbocycles. The van der Waals surface area contributed by atoms with Crippen molar-refractivity contribution in [2.24, 2.45) is 0 Å². The molecule has 0 aromatic heterocycles. The van der Waals surface area contributed by atoms with Gasteiger partial charge in [-0.2, -0.15) is 5.26 Å². The van der Waals surface area contributed by atoms with E-state index in [4.69, 9.17) is 5.26 Å². The number of nitrogens with one attached hydrogen (secondary N) is 1. The average molecular weight is 311 g/mol. The molecule has 2 N–H and O–H groups in total. The molecule has 2 amide bonds. The molecule has 2 heterocycles. The number of nitrogens with zero attached hydrogens (tertiary/aromatic N) is 2. The summed E-state index contributed by atoms with van der Waals surface area (Å²) >= 11 is 2.48. The Morgan fingerprint density at radius 3 is 3.00 bits per heavy atom. The Hall–Kier alpha value is -1.92. The van der Waals surface area contributed by atoms with Crippen LogP contribution in [0.2, 0.25) is 0 Å². The second-order valence-corrected chi connectivity index (χ2v) is 5.90. The first-order valence-electron chi connectivity index (χ1n) is 5.44. The molecule has 1 fully saturated rings. The third-order valence-corrected chi connectivity index (χ3v) is 5.09. The number of hydrogen-bond donors (Lipinski definition) is 2. The number of β-lactam (4-membered cyclic amide) rings is 1. The number of carbonyl (C=O) groups excluding carboxylic acids is 2. The average Bonchev–Trinajstić information content (AvgIpc) is 2.44. The SMILES string of the molecule is N#C/C=C\SC1=C(C(=O)O)N2C(=O)C(NC=O)[C@@H]2SC1. The van der Waals surface area contributed by atoms with Gasteiger partial charge in [0, 0.05) is 16.7 Å². The van der Waals surface area contributed by atoms with E-state index >= 15 is 0 Å². The van der Waals surface area contributed by atoms with Crippen LogP contribution in [0.25, 0.3) is 0 Å². The number of rotatable bonds is 5. The van der Waals surface area contributed by atoms with Gasteiger partial charge in [0.25, 0.3) is 5.91 Å². The van der Waals surface area contributed by atoms with Crippen molar-refractivity contribution in [3.05, 3.63) is 22.1 Å². The van der Waals surface area contributed by atoms with E-state index in [1.807, 2.05) is 6.07 Å². The number of carbonyl (C=O) groups is 3. The minimum Gasteiger partial charge on any atom is -0.477 e. The number of thioether (sulfide) groups is 2. The zero-order chi connectivity index (χ0) is 14.7. The molecule has 0 aromatic carbocycles. The van der Waals surface area contributed by atoms with E-state index in [0.29, 0.717) is 17.1 Å². The first-order chi connectivity index (χ1) is 9.61. The highest BCUT2D eigenvalue weighted by Gasteiger charge is 2.53. The van der Waals surface area contributed by atoms with Crippen molar-refractivity contribution in [3.63, 3.8) is 0 Å². The van der Waals surface area contributed by atoms with E-state index in [2.05, 4.69) is 5.32 Å². The predicted octanol–water partition coefficient (Wildman–Crippen LogP) is 0.0828. The zero-order valence-corrected chi connectivity index (χ0v) is 11.6. The summed E-state index contributed by atoms with van der Waals surface area (Å²) in [6.45, 7) is 0. The van der Waals surface area contributed by atoms with E-state index in [0.717, 1.165) is 11.8 Å². The molecule has 0 bridgehead atoms. The fourth-order valence-corrected chi connectivity index (χ4v) is 4.19. The van der Waals surface area contributed by atoms with Crippen LogP contribution in [0.15, 0.2) is 22.1 Å². The highest BCUT2D eigenvalue weighted by Crippen LogP contribution is 2.43. The molecule has 20 heavy (non-hydrogen) atoms. The topological polar surface area (TPSA) is 110 Å². The number of amides is 2. The van der Waals surface area contributed by atoms with Gasteiger partial charge in [0.05, 0.1) is 6.07 Å². The molecule has 2 aliphatic heterocycles. The summed E-state index contributed by atoms with van der Waals surface area (Å²) in [7, 11) is 0. The summed E-state index contributed by atoms with van der Waals surface area (Å²) in [6, 6.07) is 1.14. The summed E-state index contributed by atoms with van der Waals surface area (Å²) in [6.07, 6.45) is 1.67. The van der Waals surface area contributed by atoms with Gasteiger partial charge in [-0.25, -0.2) is 4.79 Å². The summed E-state index contributed by atoms with van der Waals surface area (Å²) in [5.74, 6) is -1.22. The number of carboxylic acids is 1. The van der Waals surface area contributed by atoms with E-state index in [1.54, 1.807) is 0 Å². The second-order valence-electron chi connectivity index (χ2n) is 3.80. The van der Waals surface area contributed by atoms with Gasteiger partial charge in [-0.3, -0.25) is 14.5 Å². The van der Waals surface area contributed by atoms with Gasteiger partial charge in [0.2, 0.25) is 6.41 Å². The van der Waals surface area contributed by atoms with Gasteiger partial charge in [-0.05, 0) is 5.41 Å². The molecule has 1 saturated heterocycles. The van der Waals surface area contributed by atoms with Crippen molar-refractivity contribution in [2.45, 2.75) is 11.4 Å². The molecule has 2 atom stereocenters. The fraction of sp³-hybridized carbons (Fsp3) is 0.273. The van der Waals surface area contributed by atoms with Crippen LogP contribution >= 0.6 is 23.5 Å². The minimum atomic E-state index is -1.19. The van der Waals surface area contributed by atoms with Crippen LogP contribution in [0.4, 0.5) is 0 Å². The molecule has 7 nitrogen and oxygen atoms in total. The molecule has 2 rings (SSSR count). The highest BCUT2D eigenvalue weighted by molar-refractivity contribution is 8.08. The molecule has 0 saturated carbocycles. The van der Waals surface area contributed by atoms with Crippen LogP contribution in [-0.2, 0) is 14.4 Å². The molecule has 104 valence electrons. The molecule has 0 radical (unpaired) electrons. The Bertz CT molecular complexity index is 567. The number of fused-ring (bicyclic) bond motifs is 1. The summed E-state index contributed by atoms with van der Waals surface area (Å²) < 4.78 is 0. The first kappa shape index (κ1) is 14.5. The Labute approximate surface area is 122 Å². The van der Waals surface area contributed by atoms with Crippen LogP contribution in [0.5, 0.6) is 0 Å². The highest BCUT2D eigenvalue weighted by atomic mass is 32.2. The molecular formula is C11H9N3O4S2. The monoisotopic (exact) mass is 311 g/mol. The molecule has 2 aliphatic rings. The molecule has 9 heteroatoms. The summed E-state index contributed by atoms with van der Waals surface area (Å²) in [5.41, 5.74) is -0.0738. The van der Waals surface area contributed by atoms with E-state index in [-0.39, 0.29) is 11.1 Å². The van der Waals surface area contributed by atoms with Gasteiger partial charge in [0.1, 0.15) is 17.1 Å². The van der Waals surface area contributed by atoms with Crippen molar-refractivity contribution in [1.82, 2.24) is 10.2 Å².